The lowest BCUT2D eigenvalue weighted by Gasteiger charge is -2.38. The monoisotopic (exact) mass is 287 g/mol. The molecule has 0 aromatic heterocycles. The van der Waals surface area contributed by atoms with Gasteiger partial charge < -0.3 is 14.8 Å². The van der Waals surface area contributed by atoms with Crippen molar-refractivity contribution in [2.75, 3.05) is 11.7 Å². The van der Waals surface area contributed by atoms with Crippen molar-refractivity contribution in [1.29, 1.82) is 0 Å². The van der Waals surface area contributed by atoms with Gasteiger partial charge in [0, 0.05) is 6.44 Å². The zero-order chi connectivity index (χ0) is 13.9. The van der Waals surface area contributed by atoms with Crippen LogP contribution in [-0.4, -0.2) is 48.5 Å². The Morgan fingerprint density at radius 1 is 1.35 bits per heavy atom. The molecule has 17 heavy (non-hydrogen) atoms. The van der Waals surface area contributed by atoms with Crippen LogP contribution in [-0.2, 0) is 14.7 Å². The fourth-order valence-electron chi connectivity index (χ4n) is 0.763. The predicted octanol–water partition coefficient (Wildman–Crippen LogP) is -0.312. The summed E-state index contributed by atoms with van der Waals surface area (Å²) in [4.78, 5) is 0. The topological polar surface area (TPSA) is 95.9 Å². The first kappa shape index (κ1) is 17.1. The second-order valence-electron chi connectivity index (χ2n) is 4.71. The number of rotatable bonds is 7. The van der Waals surface area contributed by atoms with Crippen LogP contribution in [0.5, 0.6) is 0 Å². The maximum Gasteiger partial charge on any atom is 0.470 e. The van der Waals surface area contributed by atoms with E-state index in [-0.39, 0.29) is 6.44 Å². The van der Waals surface area contributed by atoms with Crippen molar-refractivity contribution in [3.8, 4) is 0 Å². The summed E-state index contributed by atoms with van der Waals surface area (Å²) in [6, 6.07) is 0. The van der Waals surface area contributed by atoms with E-state index in [1.807, 2.05) is 0 Å². The minimum absolute atomic E-state index is 0.325. The van der Waals surface area contributed by atoms with Crippen molar-refractivity contribution >= 4 is 28.7 Å². The third-order valence-electron chi connectivity index (χ3n) is 2.53. The van der Waals surface area contributed by atoms with Crippen LogP contribution >= 0.6 is 11.6 Å². The number of halogens is 1. The molecule has 102 valence electrons. The summed E-state index contributed by atoms with van der Waals surface area (Å²) in [5.41, 5.74) is -2.21. The SMILES string of the molecule is CC(C)(O)C(C)(C)OB(O)CNS(=O)(=O)CCl. The Morgan fingerprint density at radius 2 is 1.82 bits per heavy atom. The van der Waals surface area contributed by atoms with E-state index in [0.717, 1.165) is 0 Å². The van der Waals surface area contributed by atoms with Crippen molar-refractivity contribution in [2.45, 2.75) is 38.9 Å². The van der Waals surface area contributed by atoms with Crippen molar-refractivity contribution in [3.63, 3.8) is 0 Å². The average molecular weight is 288 g/mol. The van der Waals surface area contributed by atoms with Crippen molar-refractivity contribution in [3.05, 3.63) is 0 Å². The second-order valence-corrected chi connectivity index (χ2v) is 7.11. The summed E-state index contributed by atoms with van der Waals surface area (Å²) in [5, 5.41) is 18.7. The highest BCUT2D eigenvalue weighted by Crippen LogP contribution is 2.25. The molecule has 0 aliphatic carbocycles. The van der Waals surface area contributed by atoms with Gasteiger partial charge in [0.2, 0.25) is 10.0 Å². The number of sulfonamides is 1. The number of aliphatic hydroxyl groups is 1. The molecule has 0 fully saturated rings. The molecule has 6 nitrogen and oxygen atoms in total. The number of alkyl halides is 1. The molecule has 0 amide bonds. The number of nitrogens with one attached hydrogen (secondary N) is 1. The predicted molar refractivity (Wildman–Crippen MR) is 67.1 cm³/mol. The van der Waals surface area contributed by atoms with Crippen LogP contribution < -0.4 is 4.72 Å². The first-order valence-electron chi connectivity index (χ1n) is 5.03. The van der Waals surface area contributed by atoms with Gasteiger partial charge in [0.15, 0.2) is 0 Å². The lowest BCUT2D eigenvalue weighted by atomic mass is 9.83. The van der Waals surface area contributed by atoms with Crippen LogP contribution in [0.1, 0.15) is 27.7 Å². The zero-order valence-electron chi connectivity index (χ0n) is 10.4. The molecule has 0 aliphatic rings. The molecule has 0 unspecified atom stereocenters. The van der Waals surface area contributed by atoms with E-state index < -0.39 is 33.6 Å². The summed E-state index contributed by atoms with van der Waals surface area (Å²) < 4.78 is 29.3. The van der Waals surface area contributed by atoms with Gasteiger partial charge >= 0.3 is 7.12 Å². The number of hydrogen-bond acceptors (Lipinski definition) is 5. The lowest BCUT2D eigenvalue weighted by molar-refractivity contribution is -0.0999. The molecule has 0 rings (SSSR count). The van der Waals surface area contributed by atoms with E-state index in [2.05, 4.69) is 4.72 Å². The maximum atomic E-state index is 11.0. The van der Waals surface area contributed by atoms with Gasteiger partial charge in [0.25, 0.3) is 0 Å². The first-order chi connectivity index (χ1) is 7.41. The second kappa shape index (κ2) is 5.86. The summed E-state index contributed by atoms with van der Waals surface area (Å²) in [6.45, 7) is 6.24. The van der Waals surface area contributed by atoms with E-state index in [1.165, 1.54) is 13.8 Å². The quantitative estimate of drug-likeness (QED) is 0.441. The van der Waals surface area contributed by atoms with Crippen molar-refractivity contribution in [2.24, 2.45) is 0 Å². The van der Waals surface area contributed by atoms with Gasteiger partial charge in [-0.05, 0) is 27.7 Å². The van der Waals surface area contributed by atoms with E-state index in [1.54, 1.807) is 13.8 Å². The van der Waals surface area contributed by atoms with Crippen LogP contribution in [0.15, 0.2) is 0 Å². The Morgan fingerprint density at radius 3 is 2.18 bits per heavy atom. The number of hydrogen-bond donors (Lipinski definition) is 3. The van der Waals surface area contributed by atoms with Crippen LogP contribution in [0.3, 0.4) is 0 Å². The highest BCUT2D eigenvalue weighted by atomic mass is 35.5. The van der Waals surface area contributed by atoms with E-state index in [4.69, 9.17) is 16.3 Å². The zero-order valence-corrected chi connectivity index (χ0v) is 12.0. The van der Waals surface area contributed by atoms with Crippen LogP contribution in [0.4, 0.5) is 0 Å². The molecule has 0 atom stereocenters. The van der Waals surface area contributed by atoms with Crippen molar-refractivity contribution in [1.82, 2.24) is 4.72 Å². The molecular formula is C8H19BClNO5S. The van der Waals surface area contributed by atoms with Crippen LogP contribution in [0.2, 0.25) is 0 Å². The maximum absolute atomic E-state index is 11.0. The Labute approximate surface area is 108 Å². The third kappa shape index (κ3) is 6.03. The van der Waals surface area contributed by atoms with Gasteiger partial charge in [0.05, 0.1) is 11.2 Å². The highest BCUT2D eigenvalue weighted by molar-refractivity contribution is 7.90. The Kier molecular flexibility index (Phi) is 5.91. The molecule has 0 aliphatic heterocycles. The summed E-state index contributed by atoms with van der Waals surface area (Å²) in [5.74, 6) is 0. The molecule has 0 aromatic rings. The standard InChI is InChI=1S/C8H19BClNO5S/c1-7(2,12)8(3,4)16-9(13)5-11-17(14,15)6-10/h11-13H,5-6H2,1-4H3. The molecule has 0 heterocycles. The summed E-state index contributed by atoms with van der Waals surface area (Å²) in [6.07, 6.45) is -0.325. The van der Waals surface area contributed by atoms with Gasteiger partial charge in [-0.25, -0.2) is 13.1 Å². The molecular weight excluding hydrogens is 268 g/mol. The van der Waals surface area contributed by atoms with Gasteiger partial charge in [-0.15, -0.1) is 11.6 Å². The van der Waals surface area contributed by atoms with Gasteiger partial charge in [-0.1, -0.05) is 0 Å². The molecule has 0 saturated heterocycles. The van der Waals surface area contributed by atoms with Crippen LogP contribution in [0.25, 0.3) is 0 Å². The molecule has 0 aromatic carbocycles. The summed E-state index contributed by atoms with van der Waals surface area (Å²) >= 11 is 5.17. The minimum Gasteiger partial charge on any atom is -0.426 e. The normalized spacial score (nSPS) is 13.8. The first-order valence-corrected chi connectivity index (χ1v) is 7.21. The Hall–Kier alpha value is 0.145. The molecule has 0 spiro atoms. The molecule has 9 heteroatoms. The fraction of sp³-hybridized carbons (Fsp3) is 1.00. The van der Waals surface area contributed by atoms with Crippen molar-refractivity contribution < 1.29 is 23.2 Å². The van der Waals surface area contributed by atoms with Gasteiger partial charge in [-0.2, -0.15) is 0 Å². The van der Waals surface area contributed by atoms with Crippen LogP contribution in [0, 0.1) is 0 Å². The fourth-order valence-corrected chi connectivity index (χ4v) is 1.47. The van der Waals surface area contributed by atoms with Gasteiger partial charge in [0.1, 0.15) is 5.21 Å². The van der Waals surface area contributed by atoms with E-state index >= 15 is 0 Å². The third-order valence-corrected chi connectivity index (χ3v) is 4.28. The molecule has 3 N–H and O–H groups in total. The average Bonchev–Trinajstić information content (AvgIpc) is 2.12. The molecule has 0 bridgehead atoms. The lowest BCUT2D eigenvalue weighted by Crippen LogP contribution is -2.52. The van der Waals surface area contributed by atoms with E-state index in [0.29, 0.717) is 0 Å². The highest BCUT2D eigenvalue weighted by Gasteiger charge is 2.39. The minimum atomic E-state index is -3.59. The largest absolute Gasteiger partial charge is 0.470 e. The van der Waals surface area contributed by atoms with Gasteiger partial charge in [-0.3, -0.25) is 0 Å². The summed E-state index contributed by atoms with van der Waals surface area (Å²) in [7, 11) is -4.96. The molecule has 0 saturated carbocycles. The Bertz CT molecular complexity index is 340. The smallest absolute Gasteiger partial charge is 0.426 e. The Balaban J connectivity index is 4.34. The molecule has 0 radical (unpaired) electrons. The van der Waals surface area contributed by atoms with E-state index in [9.17, 15) is 18.5 Å².